The first-order valence-corrected chi connectivity index (χ1v) is 8.09. The van der Waals surface area contributed by atoms with Crippen LogP contribution in [0.15, 0.2) is 9.98 Å². The van der Waals surface area contributed by atoms with E-state index in [2.05, 4.69) is 30.8 Å². The van der Waals surface area contributed by atoms with Crippen molar-refractivity contribution in [2.24, 2.45) is 21.3 Å². The lowest BCUT2D eigenvalue weighted by atomic mass is 9.66. The number of isocyanates is 2. The van der Waals surface area contributed by atoms with Crippen LogP contribution in [0.4, 0.5) is 0 Å². The van der Waals surface area contributed by atoms with Crippen molar-refractivity contribution in [2.75, 3.05) is 0 Å². The lowest BCUT2D eigenvalue weighted by molar-refractivity contribution is 0.0829. The van der Waals surface area contributed by atoms with Gasteiger partial charge < -0.3 is 0 Å². The summed E-state index contributed by atoms with van der Waals surface area (Å²) in [5, 5.41) is 0. The monoisotopic (exact) mass is 294 g/mol. The van der Waals surface area contributed by atoms with E-state index in [1.54, 1.807) is 12.2 Å². The van der Waals surface area contributed by atoms with Crippen molar-refractivity contribution in [2.45, 2.75) is 85.2 Å². The van der Waals surface area contributed by atoms with Gasteiger partial charge in [-0.1, -0.05) is 66.7 Å². The molecule has 0 aliphatic carbocycles. The molecule has 0 aromatic rings. The quantitative estimate of drug-likeness (QED) is 0.312. The van der Waals surface area contributed by atoms with Gasteiger partial charge in [0.05, 0.1) is 0 Å². The van der Waals surface area contributed by atoms with Gasteiger partial charge in [-0.05, 0) is 18.8 Å². The summed E-state index contributed by atoms with van der Waals surface area (Å²) < 4.78 is 0. The van der Waals surface area contributed by atoms with Crippen molar-refractivity contribution < 1.29 is 9.59 Å². The van der Waals surface area contributed by atoms with Crippen LogP contribution in [-0.4, -0.2) is 17.8 Å². The van der Waals surface area contributed by atoms with E-state index in [1.807, 2.05) is 13.8 Å². The van der Waals surface area contributed by atoms with Gasteiger partial charge in [-0.15, -0.1) is 0 Å². The predicted molar refractivity (Wildman–Crippen MR) is 85.6 cm³/mol. The molecule has 0 bridgehead atoms. The van der Waals surface area contributed by atoms with E-state index >= 15 is 0 Å². The first-order chi connectivity index (χ1) is 9.91. The van der Waals surface area contributed by atoms with E-state index in [9.17, 15) is 9.59 Å². The first kappa shape index (κ1) is 19.8. The Balaban J connectivity index is 5.49. The van der Waals surface area contributed by atoms with Crippen LogP contribution in [0.1, 0.15) is 79.6 Å². The summed E-state index contributed by atoms with van der Waals surface area (Å²) in [5.74, 6) is 0.299. The third-order valence-electron chi connectivity index (χ3n) is 4.84. The molecule has 0 radical (unpaired) electrons. The Hall–Kier alpha value is -1.24. The van der Waals surface area contributed by atoms with Crippen molar-refractivity contribution in [3.63, 3.8) is 0 Å². The lowest BCUT2D eigenvalue weighted by Crippen LogP contribution is -2.45. The van der Waals surface area contributed by atoms with Gasteiger partial charge in [0.15, 0.2) is 5.66 Å². The zero-order chi connectivity index (χ0) is 16.4. The summed E-state index contributed by atoms with van der Waals surface area (Å²) >= 11 is 0. The zero-order valence-electron chi connectivity index (χ0n) is 14.2. The number of unbranched alkanes of at least 4 members (excludes halogenated alkanes) is 3. The van der Waals surface area contributed by atoms with E-state index in [0.29, 0.717) is 12.3 Å². The fraction of sp³-hybridized carbons (Fsp3) is 0.882. The standard InChI is InChI=1S/C17H30N2O2/c1-6-8-10-12-17(18-13-20,19-14-21)16(4,5)15(3)11-9-7-2/h15H,6-12H2,1-5H3. The smallest absolute Gasteiger partial charge is 0.211 e. The Bertz CT molecular complexity index is 374. The lowest BCUT2D eigenvalue weighted by Gasteiger charge is -2.43. The number of carbonyl (C=O) groups excluding carboxylic acids is 2. The van der Waals surface area contributed by atoms with E-state index in [-0.39, 0.29) is 5.41 Å². The highest BCUT2D eigenvalue weighted by molar-refractivity contribution is 5.40. The maximum atomic E-state index is 10.9. The van der Waals surface area contributed by atoms with Gasteiger partial charge in [-0.3, -0.25) is 0 Å². The van der Waals surface area contributed by atoms with E-state index in [1.165, 1.54) is 0 Å². The highest BCUT2D eigenvalue weighted by Gasteiger charge is 2.48. The summed E-state index contributed by atoms with van der Waals surface area (Å²) in [6, 6.07) is 0. The van der Waals surface area contributed by atoms with Crippen molar-refractivity contribution in [3.8, 4) is 0 Å². The average molecular weight is 294 g/mol. The molecule has 1 unspecified atom stereocenters. The molecule has 0 aromatic carbocycles. The SMILES string of the molecule is CCCCCC(N=C=O)(N=C=O)C(C)(C)C(C)CCCC. The average Bonchev–Trinajstić information content (AvgIpc) is 2.45. The van der Waals surface area contributed by atoms with Gasteiger partial charge in [-0.25, -0.2) is 9.59 Å². The summed E-state index contributed by atoms with van der Waals surface area (Å²) in [6.45, 7) is 10.5. The Labute approximate surface area is 129 Å². The van der Waals surface area contributed by atoms with Crippen LogP contribution in [0.25, 0.3) is 0 Å². The van der Waals surface area contributed by atoms with Gasteiger partial charge in [0.2, 0.25) is 12.2 Å². The summed E-state index contributed by atoms with van der Waals surface area (Å²) in [7, 11) is 0. The number of hydrogen-bond acceptors (Lipinski definition) is 4. The third-order valence-corrected chi connectivity index (χ3v) is 4.84. The number of nitrogens with zero attached hydrogens (tertiary/aromatic N) is 2. The van der Waals surface area contributed by atoms with Crippen LogP contribution in [0.2, 0.25) is 0 Å². The minimum atomic E-state index is -1.03. The maximum Gasteiger partial charge on any atom is 0.237 e. The molecule has 4 heteroatoms. The Morgan fingerprint density at radius 3 is 1.90 bits per heavy atom. The fourth-order valence-corrected chi connectivity index (χ4v) is 2.79. The molecule has 0 fully saturated rings. The molecule has 0 aromatic heterocycles. The van der Waals surface area contributed by atoms with Crippen molar-refractivity contribution in [1.29, 1.82) is 0 Å². The largest absolute Gasteiger partial charge is 0.237 e. The molecule has 0 N–H and O–H groups in total. The van der Waals surface area contributed by atoms with Gasteiger partial charge in [0.1, 0.15) is 0 Å². The normalized spacial score (nSPS) is 15.5. The van der Waals surface area contributed by atoms with Crippen molar-refractivity contribution in [3.05, 3.63) is 0 Å². The summed E-state index contributed by atoms with van der Waals surface area (Å²) in [6.07, 6.45) is 10.1. The van der Waals surface area contributed by atoms with Gasteiger partial charge >= 0.3 is 0 Å². The minimum absolute atomic E-state index is 0.299. The second-order valence-electron chi connectivity index (χ2n) is 6.44. The number of hydrogen-bond donors (Lipinski definition) is 0. The Morgan fingerprint density at radius 2 is 1.48 bits per heavy atom. The van der Waals surface area contributed by atoms with Crippen LogP contribution in [0.3, 0.4) is 0 Å². The molecule has 1 atom stereocenters. The molecule has 0 saturated heterocycles. The fourth-order valence-electron chi connectivity index (χ4n) is 2.79. The van der Waals surface area contributed by atoms with Gasteiger partial charge in [0, 0.05) is 5.41 Å². The molecule has 0 aliphatic heterocycles. The topological polar surface area (TPSA) is 58.9 Å². The number of rotatable bonds is 11. The minimum Gasteiger partial charge on any atom is -0.211 e. The molecule has 21 heavy (non-hydrogen) atoms. The molecule has 4 nitrogen and oxygen atoms in total. The molecule has 0 heterocycles. The van der Waals surface area contributed by atoms with E-state index in [0.717, 1.165) is 38.5 Å². The maximum absolute atomic E-state index is 10.9. The van der Waals surface area contributed by atoms with Crippen LogP contribution in [0, 0.1) is 11.3 Å². The Morgan fingerprint density at radius 1 is 0.952 bits per heavy atom. The highest BCUT2D eigenvalue weighted by Crippen LogP contribution is 2.46. The van der Waals surface area contributed by atoms with Gasteiger partial charge in [-0.2, -0.15) is 9.98 Å². The van der Waals surface area contributed by atoms with Crippen LogP contribution in [0.5, 0.6) is 0 Å². The summed E-state index contributed by atoms with van der Waals surface area (Å²) in [4.78, 5) is 29.8. The molecule has 0 saturated carbocycles. The molecule has 0 rings (SSSR count). The van der Waals surface area contributed by atoms with E-state index < -0.39 is 5.66 Å². The Kier molecular flexibility index (Phi) is 9.08. The number of aliphatic imine (C=N–C) groups is 2. The molecule has 0 amide bonds. The van der Waals surface area contributed by atoms with Crippen LogP contribution >= 0.6 is 0 Å². The van der Waals surface area contributed by atoms with Crippen LogP contribution < -0.4 is 0 Å². The molecular weight excluding hydrogens is 264 g/mol. The van der Waals surface area contributed by atoms with Crippen LogP contribution in [-0.2, 0) is 9.59 Å². The predicted octanol–water partition coefficient (Wildman–Crippen LogP) is 4.79. The first-order valence-electron chi connectivity index (χ1n) is 8.09. The second-order valence-corrected chi connectivity index (χ2v) is 6.44. The molecule has 0 spiro atoms. The van der Waals surface area contributed by atoms with Crippen molar-refractivity contribution >= 4 is 12.2 Å². The molecule has 120 valence electrons. The molecular formula is C17H30N2O2. The highest BCUT2D eigenvalue weighted by atomic mass is 16.1. The van der Waals surface area contributed by atoms with Crippen molar-refractivity contribution in [1.82, 2.24) is 0 Å². The zero-order valence-corrected chi connectivity index (χ0v) is 14.2. The second kappa shape index (κ2) is 9.65. The third kappa shape index (κ3) is 5.22. The summed E-state index contributed by atoms with van der Waals surface area (Å²) in [5.41, 5.74) is -1.41. The molecule has 0 aliphatic rings. The van der Waals surface area contributed by atoms with E-state index in [4.69, 9.17) is 0 Å². The van der Waals surface area contributed by atoms with Gasteiger partial charge in [0.25, 0.3) is 0 Å².